The lowest BCUT2D eigenvalue weighted by Gasteiger charge is -2.38. The van der Waals surface area contributed by atoms with Gasteiger partial charge in [0.25, 0.3) is 0 Å². The van der Waals surface area contributed by atoms with Gasteiger partial charge in [-0.05, 0) is 28.9 Å². The number of carbonyl (C=O) groups is 1. The summed E-state index contributed by atoms with van der Waals surface area (Å²) in [6.07, 6.45) is 0.240. The number of thiophene rings is 1. The molecule has 0 aliphatic carbocycles. The lowest BCUT2D eigenvalue weighted by atomic mass is 10.1. The van der Waals surface area contributed by atoms with E-state index in [4.69, 9.17) is 5.11 Å². The zero-order chi connectivity index (χ0) is 13.1. The molecule has 1 aliphatic heterocycles. The van der Waals surface area contributed by atoms with E-state index in [0.717, 1.165) is 22.5 Å². The number of thioether (sulfide) groups is 1. The molecule has 2 rings (SSSR count). The second kappa shape index (κ2) is 6.41. The third kappa shape index (κ3) is 3.50. The van der Waals surface area contributed by atoms with Crippen LogP contribution < -0.4 is 0 Å². The van der Waals surface area contributed by atoms with Gasteiger partial charge in [-0.1, -0.05) is 0 Å². The van der Waals surface area contributed by atoms with Crippen LogP contribution in [-0.2, 0) is 4.79 Å². The molecule has 0 radical (unpaired) electrons. The Bertz CT molecular complexity index is 424. The Morgan fingerprint density at radius 1 is 1.72 bits per heavy atom. The zero-order valence-corrected chi connectivity index (χ0v) is 13.4. The summed E-state index contributed by atoms with van der Waals surface area (Å²) >= 11 is 7.06. The second-order valence-electron chi connectivity index (χ2n) is 4.41. The molecule has 100 valence electrons. The number of carboxylic acid groups (broad SMARTS) is 1. The Hall–Kier alpha value is -0.0400. The van der Waals surface area contributed by atoms with Gasteiger partial charge in [0.1, 0.15) is 0 Å². The van der Waals surface area contributed by atoms with Crippen LogP contribution in [0.15, 0.2) is 15.9 Å². The number of hydrogen-bond acceptors (Lipinski definition) is 4. The fourth-order valence-corrected chi connectivity index (χ4v) is 4.88. The number of hydrogen-bond donors (Lipinski definition) is 1. The summed E-state index contributed by atoms with van der Waals surface area (Å²) in [6.45, 7) is 3.14. The molecule has 2 atom stereocenters. The van der Waals surface area contributed by atoms with E-state index in [2.05, 4.69) is 39.2 Å². The van der Waals surface area contributed by atoms with Crippen molar-refractivity contribution in [2.45, 2.75) is 25.4 Å². The maximum absolute atomic E-state index is 10.9. The van der Waals surface area contributed by atoms with Gasteiger partial charge in [0.2, 0.25) is 0 Å². The van der Waals surface area contributed by atoms with Crippen LogP contribution in [0.25, 0.3) is 0 Å². The van der Waals surface area contributed by atoms with Crippen LogP contribution >= 0.6 is 39.0 Å². The smallest absolute Gasteiger partial charge is 0.304 e. The van der Waals surface area contributed by atoms with Crippen molar-refractivity contribution in [1.29, 1.82) is 0 Å². The van der Waals surface area contributed by atoms with Crippen molar-refractivity contribution in [3.05, 3.63) is 20.8 Å². The van der Waals surface area contributed by atoms with Crippen LogP contribution in [0, 0.1) is 0 Å². The lowest BCUT2D eigenvalue weighted by Crippen LogP contribution is -2.44. The van der Waals surface area contributed by atoms with E-state index >= 15 is 0 Å². The molecule has 1 aromatic heterocycles. The minimum atomic E-state index is -0.702. The topological polar surface area (TPSA) is 40.5 Å². The number of halogens is 1. The van der Waals surface area contributed by atoms with Crippen LogP contribution in [0.5, 0.6) is 0 Å². The summed E-state index contributed by atoms with van der Waals surface area (Å²) in [5.74, 6) is 1.31. The van der Waals surface area contributed by atoms with E-state index in [9.17, 15) is 4.79 Å². The van der Waals surface area contributed by atoms with Crippen molar-refractivity contribution in [2.75, 3.05) is 18.1 Å². The summed E-state index contributed by atoms with van der Waals surface area (Å²) in [5.41, 5.74) is 0. The summed E-state index contributed by atoms with van der Waals surface area (Å²) in [5, 5.41) is 11.1. The molecule has 0 spiro atoms. The number of nitrogens with zero attached hydrogens (tertiary/aromatic N) is 1. The van der Waals surface area contributed by atoms with E-state index in [1.165, 1.54) is 4.88 Å². The molecule has 3 nitrogen and oxygen atoms in total. The van der Waals surface area contributed by atoms with E-state index in [-0.39, 0.29) is 12.5 Å². The van der Waals surface area contributed by atoms with Gasteiger partial charge in [0.05, 0.1) is 6.42 Å². The largest absolute Gasteiger partial charge is 0.481 e. The Labute approximate surface area is 124 Å². The Kier molecular flexibility index (Phi) is 5.12. The first-order valence-corrected chi connectivity index (χ1v) is 8.70. The normalized spacial score (nSPS) is 22.9. The second-order valence-corrected chi connectivity index (χ2v) is 7.42. The Balaban J connectivity index is 2.10. The highest BCUT2D eigenvalue weighted by molar-refractivity contribution is 9.10. The highest BCUT2D eigenvalue weighted by Crippen LogP contribution is 2.33. The summed E-state index contributed by atoms with van der Waals surface area (Å²) in [4.78, 5) is 14.6. The average Bonchev–Trinajstić information content (AvgIpc) is 2.75. The minimum Gasteiger partial charge on any atom is -0.481 e. The molecule has 1 saturated heterocycles. The summed E-state index contributed by atoms with van der Waals surface area (Å²) < 4.78 is 1.11. The van der Waals surface area contributed by atoms with Crippen molar-refractivity contribution in [1.82, 2.24) is 4.90 Å². The highest BCUT2D eigenvalue weighted by atomic mass is 79.9. The first-order chi connectivity index (χ1) is 8.58. The van der Waals surface area contributed by atoms with Gasteiger partial charge in [0.15, 0.2) is 0 Å². The van der Waals surface area contributed by atoms with E-state index in [1.807, 2.05) is 11.8 Å². The van der Waals surface area contributed by atoms with Gasteiger partial charge in [-0.25, -0.2) is 0 Å². The molecule has 1 fully saturated rings. The van der Waals surface area contributed by atoms with Crippen molar-refractivity contribution >= 4 is 45.0 Å². The molecule has 18 heavy (non-hydrogen) atoms. The zero-order valence-electron chi connectivity index (χ0n) is 10.1. The minimum absolute atomic E-state index is 0.150. The van der Waals surface area contributed by atoms with Gasteiger partial charge in [-0.15, -0.1) is 11.3 Å². The maximum atomic E-state index is 10.9. The third-order valence-electron chi connectivity index (χ3n) is 3.18. The Morgan fingerprint density at radius 2 is 2.50 bits per heavy atom. The van der Waals surface area contributed by atoms with Gasteiger partial charge < -0.3 is 5.11 Å². The van der Waals surface area contributed by atoms with Crippen LogP contribution in [0.1, 0.15) is 24.3 Å². The fraction of sp³-hybridized carbons (Fsp3) is 0.583. The quantitative estimate of drug-likeness (QED) is 0.903. The monoisotopic (exact) mass is 349 g/mol. The third-order valence-corrected chi connectivity index (χ3v) is 6.14. The van der Waals surface area contributed by atoms with Crippen LogP contribution in [0.4, 0.5) is 0 Å². The first-order valence-electron chi connectivity index (χ1n) is 5.87. The summed E-state index contributed by atoms with van der Waals surface area (Å²) in [7, 11) is 0. The van der Waals surface area contributed by atoms with Crippen LogP contribution in [0.3, 0.4) is 0 Å². The highest BCUT2D eigenvalue weighted by Gasteiger charge is 2.29. The van der Waals surface area contributed by atoms with Crippen molar-refractivity contribution in [3.8, 4) is 0 Å². The fourth-order valence-electron chi connectivity index (χ4n) is 2.27. The summed E-state index contributed by atoms with van der Waals surface area (Å²) in [6, 6.07) is 2.58. The maximum Gasteiger partial charge on any atom is 0.304 e. The van der Waals surface area contributed by atoms with Crippen molar-refractivity contribution in [2.24, 2.45) is 0 Å². The number of rotatable bonds is 4. The predicted octanol–water partition coefficient (Wildman–Crippen LogP) is 3.46. The molecular formula is C12H16BrNO2S2. The molecule has 2 unspecified atom stereocenters. The van der Waals surface area contributed by atoms with Gasteiger partial charge >= 0.3 is 5.97 Å². The molecule has 6 heteroatoms. The van der Waals surface area contributed by atoms with Gasteiger partial charge in [0, 0.05) is 44.9 Å². The molecule has 0 saturated carbocycles. The Morgan fingerprint density at radius 3 is 3.11 bits per heavy atom. The van der Waals surface area contributed by atoms with Crippen LogP contribution in [0.2, 0.25) is 0 Å². The van der Waals surface area contributed by atoms with E-state index in [1.54, 1.807) is 11.3 Å². The van der Waals surface area contributed by atoms with Crippen molar-refractivity contribution < 1.29 is 9.90 Å². The lowest BCUT2D eigenvalue weighted by molar-refractivity contribution is -0.138. The van der Waals surface area contributed by atoms with E-state index in [0.29, 0.717) is 6.04 Å². The number of carboxylic acids is 1. The van der Waals surface area contributed by atoms with Crippen molar-refractivity contribution in [3.63, 3.8) is 0 Å². The van der Waals surface area contributed by atoms with Gasteiger partial charge in [-0.3, -0.25) is 9.69 Å². The molecule has 0 amide bonds. The molecule has 0 aromatic carbocycles. The molecular weight excluding hydrogens is 334 g/mol. The molecule has 1 N–H and O–H groups in total. The molecule has 1 aliphatic rings. The molecule has 0 bridgehead atoms. The number of aliphatic carboxylic acids is 1. The van der Waals surface area contributed by atoms with E-state index < -0.39 is 5.97 Å². The average molecular weight is 350 g/mol. The molecule has 1 aromatic rings. The molecule has 2 heterocycles. The first kappa shape index (κ1) is 14.4. The predicted molar refractivity (Wildman–Crippen MR) is 80.5 cm³/mol. The SMILES string of the molecule is CC(c1cc(Br)cs1)N1CCSCC1CC(=O)O. The standard InChI is InChI=1S/C12H16BrNO2S2/c1-8(11-4-9(13)6-18-11)14-2-3-17-7-10(14)5-12(15)16/h4,6,8,10H,2-3,5,7H2,1H3,(H,15,16). The van der Waals surface area contributed by atoms with Crippen LogP contribution in [-0.4, -0.2) is 40.1 Å². The van der Waals surface area contributed by atoms with Gasteiger partial charge in [-0.2, -0.15) is 11.8 Å².